The van der Waals surface area contributed by atoms with Crippen LogP contribution in [-0.2, 0) is 11.2 Å². The van der Waals surface area contributed by atoms with Crippen LogP contribution in [0.3, 0.4) is 0 Å². The van der Waals surface area contributed by atoms with Crippen LogP contribution < -0.4 is 0 Å². The van der Waals surface area contributed by atoms with E-state index >= 15 is 0 Å². The summed E-state index contributed by atoms with van der Waals surface area (Å²) in [6.07, 6.45) is -0.0410. The maximum Gasteiger partial charge on any atom is 0.309 e. The topological polar surface area (TPSA) is 55.1 Å². The first-order chi connectivity index (χ1) is 7.66. The van der Waals surface area contributed by atoms with Crippen molar-refractivity contribution in [1.82, 2.24) is 9.78 Å². The van der Waals surface area contributed by atoms with Crippen molar-refractivity contribution in [1.29, 1.82) is 0 Å². The van der Waals surface area contributed by atoms with Crippen molar-refractivity contribution in [2.75, 3.05) is 0 Å². The summed E-state index contributed by atoms with van der Waals surface area (Å²) in [7, 11) is 0. The molecule has 1 aromatic carbocycles. The van der Waals surface area contributed by atoms with E-state index in [1.165, 1.54) is 0 Å². The van der Waals surface area contributed by atoms with Gasteiger partial charge in [0, 0.05) is 5.69 Å². The number of hydrogen-bond acceptors (Lipinski definition) is 2. The van der Waals surface area contributed by atoms with Gasteiger partial charge in [-0.25, -0.2) is 4.68 Å². The highest BCUT2D eigenvalue weighted by Crippen LogP contribution is 2.11. The third-order valence-corrected chi connectivity index (χ3v) is 2.27. The maximum absolute atomic E-state index is 10.6. The Morgan fingerprint density at radius 3 is 2.69 bits per heavy atom. The van der Waals surface area contributed by atoms with Gasteiger partial charge in [-0.3, -0.25) is 4.79 Å². The predicted octanol–water partition coefficient (Wildman–Crippen LogP) is 1.81. The van der Waals surface area contributed by atoms with Crippen molar-refractivity contribution >= 4 is 5.97 Å². The Bertz CT molecular complexity index is 503. The Hall–Kier alpha value is -2.10. The quantitative estimate of drug-likeness (QED) is 0.851. The standard InChI is InChI=1S/C12H12N2O2/c1-9-7-10(8-12(15)16)13-14(9)11-5-3-2-4-6-11/h2-7H,8H2,1H3,(H,15,16). The van der Waals surface area contributed by atoms with Gasteiger partial charge in [0.05, 0.1) is 17.8 Å². The molecule has 0 bridgehead atoms. The largest absolute Gasteiger partial charge is 0.481 e. The summed E-state index contributed by atoms with van der Waals surface area (Å²) in [5, 5.41) is 12.9. The molecule has 0 spiro atoms. The third kappa shape index (κ3) is 2.11. The first-order valence-electron chi connectivity index (χ1n) is 4.99. The lowest BCUT2D eigenvalue weighted by Crippen LogP contribution is -2.03. The number of carboxylic acids is 1. The van der Waals surface area contributed by atoms with Crippen molar-refractivity contribution in [3.05, 3.63) is 47.8 Å². The number of rotatable bonds is 3. The van der Waals surface area contributed by atoms with Gasteiger partial charge in [0.1, 0.15) is 0 Å². The van der Waals surface area contributed by atoms with Crippen LogP contribution in [0.2, 0.25) is 0 Å². The van der Waals surface area contributed by atoms with Crippen molar-refractivity contribution in [2.24, 2.45) is 0 Å². The number of hydrogen-bond donors (Lipinski definition) is 1. The van der Waals surface area contributed by atoms with Gasteiger partial charge in [-0.2, -0.15) is 5.10 Å². The summed E-state index contributed by atoms with van der Waals surface area (Å²) in [6.45, 7) is 1.91. The van der Waals surface area contributed by atoms with E-state index in [0.717, 1.165) is 11.4 Å². The number of para-hydroxylation sites is 1. The van der Waals surface area contributed by atoms with Crippen LogP contribution in [-0.4, -0.2) is 20.9 Å². The number of aromatic nitrogens is 2. The zero-order valence-corrected chi connectivity index (χ0v) is 8.92. The van der Waals surface area contributed by atoms with Gasteiger partial charge < -0.3 is 5.11 Å². The van der Waals surface area contributed by atoms with E-state index in [1.807, 2.05) is 37.3 Å². The van der Waals surface area contributed by atoms with Gasteiger partial charge in [-0.15, -0.1) is 0 Å². The van der Waals surface area contributed by atoms with Crippen molar-refractivity contribution < 1.29 is 9.90 Å². The summed E-state index contributed by atoms with van der Waals surface area (Å²) in [5.74, 6) is -0.863. The Labute approximate surface area is 93.1 Å². The second-order valence-corrected chi connectivity index (χ2v) is 3.59. The molecule has 2 aromatic rings. The zero-order chi connectivity index (χ0) is 11.5. The molecule has 16 heavy (non-hydrogen) atoms. The molecule has 0 saturated heterocycles. The summed E-state index contributed by atoms with van der Waals surface area (Å²) < 4.78 is 1.75. The van der Waals surface area contributed by atoms with E-state index in [1.54, 1.807) is 10.7 Å². The van der Waals surface area contributed by atoms with Crippen LogP contribution in [0.1, 0.15) is 11.4 Å². The number of carboxylic acid groups (broad SMARTS) is 1. The summed E-state index contributed by atoms with van der Waals surface area (Å²) in [5.41, 5.74) is 2.45. The number of benzene rings is 1. The normalized spacial score (nSPS) is 10.3. The SMILES string of the molecule is Cc1cc(CC(=O)O)nn1-c1ccccc1. The Morgan fingerprint density at radius 2 is 2.06 bits per heavy atom. The van der Waals surface area contributed by atoms with Gasteiger partial charge in [-0.1, -0.05) is 18.2 Å². The fraction of sp³-hybridized carbons (Fsp3) is 0.167. The fourth-order valence-corrected chi connectivity index (χ4v) is 1.61. The summed E-state index contributed by atoms with van der Waals surface area (Å²) >= 11 is 0. The lowest BCUT2D eigenvalue weighted by Gasteiger charge is -2.02. The molecule has 0 atom stereocenters. The van der Waals surface area contributed by atoms with Crippen LogP contribution in [0.15, 0.2) is 36.4 Å². The third-order valence-electron chi connectivity index (χ3n) is 2.27. The molecule has 0 saturated carbocycles. The second-order valence-electron chi connectivity index (χ2n) is 3.59. The maximum atomic E-state index is 10.6. The number of aliphatic carboxylic acids is 1. The van der Waals surface area contributed by atoms with Crippen molar-refractivity contribution in [2.45, 2.75) is 13.3 Å². The highest BCUT2D eigenvalue weighted by Gasteiger charge is 2.08. The number of nitrogens with zero attached hydrogens (tertiary/aromatic N) is 2. The molecule has 0 unspecified atom stereocenters. The second kappa shape index (κ2) is 4.18. The van der Waals surface area contributed by atoms with Gasteiger partial charge in [0.2, 0.25) is 0 Å². The molecule has 4 heteroatoms. The van der Waals surface area contributed by atoms with Crippen LogP contribution in [0.4, 0.5) is 0 Å². The van der Waals surface area contributed by atoms with E-state index in [9.17, 15) is 4.79 Å². The van der Waals surface area contributed by atoms with E-state index in [0.29, 0.717) is 5.69 Å². The van der Waals surface area contributed by atoms with E-state index in [-0.39, 0.29) is 6.42 Å². The molecule has 0 aliphatic carbocycles. The lowest BCUT2D eigenvalue weighted by molar-refractivity contribution is -0.136. The smallest absolute Gasteiger partial charge is 0.309 e. The Kier molecular flexibility index (Phi) is 2.72. The highest BCUT2D eigenvalue weighted by atomic mass is 16.4. The van der Waals surface area contributed by atoms with Gasteiger partial charge in [-0.05, 0) is 25.1 Å². The van der Waals surface area contributed by atoms with Crippen LogP contribution >= 0.6 is 0 Å². The van der Waals surface area contributed by atoms with E-state index in [4.69, 9.17) is 5.11 Å². The van der Waals surface area contributed by atoms with Crippen LogP contribution in [0.5, 0.6) is 0 Å². The van der Waals surface area contributed by atoms with Gasteiger partial charge in [0.15, 0.2) is 0 Å². The van der Waals surface area contributed by atoms with E-state index in [2.05, 4.69) is 5.10 Å². The average molecular weight is 216 g/mol. The molecule has 82 valence electrons. The molecule has 0 amide bonds. The minimum atomic E-state index is -0.863. The first-order valence-corrected chi connectivity index (χ1v) is 4.99. The minimum Gasteiger partial charge on any atom is -0.481 e. The molecule has 0 radical (unpaired) electrons. The molecular weight excluding hydrogens is 204 g/mol. The van der Waals surface area contributed by atoms with Crippen molar-refractivity contribution in [3.63, 3.8) is 0 Å². The van der Waals surface area contributed by atoms with Crippen LogP contribution in [0.25, 0.3) is 5.69 Å². The summed E-state index contributed by atoms with van der Waals surface area (Å²) in [4.78, 5) is 10.6. The van der Waals surface area contributed by atoms with Crippen LogP contribution in [0, 0.1) is 6.92 Å². The Morgan fingerprint density at radius 1 is 1.38 bits per heavy atom. The molecule has 0 aliphatic heterocycles. The average Bonchev–Trinajstić information content (AvgIpc) is 2.60. The molecule has 1 heterocycles. The molecule has 4 nitrogen and oxygen atoms in total. The molecule has 1 N–H and O–H groups in total. The number of carbonyl (C=O) groups is 1. The predicted molar refractivity (Wildman–Crippen MR) is 59.6 cm³/mol. The summed E-state index contributed by atoms with van der Waals surface area (Å²) in [6, 6.07) is 11.4. The zero-order valence-electron chi connectivity index (χ0n) is 8.92. The Balaban J connectivity index is 2.36. The fourth-order valence-electron chi connectivity index (χ4n) is 1.61. The molecule has 0 aliphatic rings. The first kappa shape index (κ1) is 10.4. The van der Waals surface area contributed by atoms with E-state index < -0.39 is 5.97 Å². The molecule has 1 aromatic heterocycles. The molecule has 0 fully saturated rings. The minimum absolute atomic E-state index is 0.0410. The highest BCUT2D eigenvalue weighted by molar-refractivity contribution is 5.69. The monoisotopic (exact) mass is 216 g/mol. The molecule has 2 rings (SSSR count). The lowest BCUT2D eigenvalue weighted by atomic mass is 10.3. The number of aryl methyl sites for hydroxylation is 1. The molecular formula is C12H12N2O2. The van der Waals surface area contributed by atoms with Gasteiger partial charge >= 0.3 is 5.97 Å². The van der Waals surface area contributed by atoms with Crippen molar-refractivity contribution in [3.8, 4) is 5.69 Å². The van der Waals surface area contributed by atoms with Gasteiger partial charge in [0.25, 0.3) is 0 Å².